The van der Waals surface area contributed by atoms with E-state index >= 15 is 0 Å². The number of nitrogens with one attached hydrogen (secondary N) is 1. The number of aliphatic hydroxyl groups is 1. The van der Waals surface area contributed by atoms with Gasteiger partial charge in [-0.1, -0.05) is 12.0 Å². The molecular weight excluding hydrogens is 174 g/mol. The number of aliphatic hydroxyl groups excluding tert-OH is 1. The molecule has 0 spiro atoms. The van der Waals surface area contributed by atoms with Gasteiger partial charge in [0.15, 0.2) is 0 Å². The van der Waals surface area contributed by atoms with Crippen LogP contribution in [0, 0.1) is 12.3 Å². The van der Waals surface area contributed by atoms with E-state index < -0.39 is 0 Å². The maximum atomic E-state index is 9.31. The molecule has 0 heterocycles. The van der Waals surface area contributed by atoms with Crippen molar-refractivity contribution < 1.29 is 5.11 Å². The molecule has 1 aromatic rings. The predicted octanol–water partition coefficient (Wildman–Crippen LogP) is 1.85. The fourth-order valence-corrected chi connectivity index (χ4v) is 1.08. The van der Waals surface area contributed by atoms with Gasteiger partial charge in [-0.2, -0.15) is 0 Å². The molecule has 2 atom stereocenters. The molecular formula is C12H15NO. The van der Waals surface area contributed by atoms with Crippen molar-refractivity contribution in [2.24, 2.45) is 0 Å². The van der Waals surface area contributed by atoms with Crippen LogP contribution in [0.1, 0.15) is 19.4 Å². The highest BCUT2D eigenvalue weighted by atomic mass is 16.3. The smallest absolute Gasteiger partial charge is 0.0710 e. The molecule has 0 saturated carbocycles. The van der Waals surface area contributed by atoms with Crippen LogP contribution >= 0.6 is 0 Å². The van der Waals surface area contributed by atoms with Gasteiger partial charge in [-0.3, -0.25) is 0 Å². The lowest BCUT2D eigenvalue weighted by Gasteiger charge is -2.17. The van der Waals surface area contributed by atoms with Crippen LogP contribution < -0.4 is 5.32 Å². The van der Waals surface area contributed by atoms with Gasteiger partial charge in [0, 0.05) is 17.3 Å². The van der Waals surface area contributed by atoms with Crippen molar-refractivity contribution in [2.45, 2.75) is 26.0 Å². The van der Waals surface area contributed by atoms with Crippen molar-refractivity contribution in [2.75, 3.05) is 5.32 Å². The van der Waals surface area contributed by atoms with Crippen LogP contribution in [0.15, 0.2) is 24.3 Å². The van der Waals surface area contributed by atoms with E-state index in [0.717, 1.165) is 11.3 Å². The molecule has 2 nitrogen and oxygen atoms in total. The average molecular weight is 189 g/mol. The Morgan fingerprint density at radius 2 is 2.14 bits per heavy atom. The fourth-order valence-electron chi connectivity index (χ4n) is 1.08. The van der Waals surface area contributed by atoms with Crippen molar-refractivity contribution in [3.8, 4) is 12.3 Å². The molecule has 0 aliphatic carbocycles. The van der Waals surface area contributed by atoms with Gasteiger partial charge in [0.1, 0.15) is 0 Å². The molecule has 14 heavy (non-hydrogen) atoms. The molecule has 0 fully saturated rings. The van der Waals surface area contributed by atoms with Gasteiger partial charge in [-0.15, -0.1) is 6.42 Å². The van der Waals surface area contributed by atoms with Gasteiger partial charge in [-0.25, -0.2) is 0 Å². The number of rotatable bonds is 3. The van der Waals surface area contributed by atoms with E-state index in [-0.39, 0.29) is 12.1 Å². The van der Waals surface area contributed by atoms with E-state index in [2.05, 4.69) is 11.2 Å². The Hall–Kier alpha value is -1.46. The minimum atomic E-state index is -0.385. The van der Waals surface area contributed by atoms with E-state index in [1.807, 2.05) is 31.2 Å². The first-order valence-electron chi connectivity index (χ1n) is 4.64. The van der Waals surface area contributed by atoms with Crippen LogP contribution in [0.4, 0.5) is 5.69 Å². The van der Waals surface area contributed by atoms with Gasteiger partial charge in [0.05, 0.1) is 6.10 Å². The van der Waals surface area contributed by atoms with E-state index in [1.165, 1.54) is 0 Å². The summed E-state index contributed by atoms with van der Waals surface area (Å²) in [5, 5.41) is 12.5. The molecule has 74 valence electrons. The first-order chi connectivity index (χ1) is 6.63. The minimum absolute atomic E-state index is 0.0167. The van der Waals surface area contributed by atoms with E-state index in [9.17, 15) is 5.11 Å². The maximum absolute atomic E-state index is 9.31. The molecule has 2 unspecified atom stereocenters. The normalized spacial score (nSPS) is 14.1. The first-order valence-corrected chi connectivity index (χ1v) is 4.64. The maximum Gasteiger partial charge on any atom is 0.0710 e. The van der Waals surface area contributed by atoms with E-state index in [0.29, 0.717) is 0 Å². The lowest BCUT2D eigenvalue weighted by atomic mass is 10.1. The predicted molar refractivity (Wildman–Crippen MR) is 59.1 cm³/mol. The third-order valence-corrected chi connectivity index (χ3v) is 2.15. The number of hydrogen-bond donors (Lipinski definition) is 2. The molecule has 0 bridgehead atoms. The van der Waals surface area contributed by atoms with Crippen LogP contribution in [0.5, 0.6) is 0 Å². The topological polar surface area (TPSA) is 32.3 Å². The molecule has 1 aromatic carbocycles. The molecule has 2 N–H and O–H groups in total. The summed E-state index contributed by atoms with van der Waals surface area (Å²) >= 11 is 0. The SMILES string of the molecule is C#Cc1cccc(NC(C)C(C)O)c1. The standard InChI is InChI=1S/C12H15NO/c1-4-11-6-5-7-12(8-11)13-9(2)10(3)14/h1,5-10,13-14H,2-3H3. The molecule has 1 rings (SSSR count). The second-order valence-electron chi connectivity index (χ2n) is 3.40. The Bertz CT molecular complexity index is 338. The third kappa shape index (κ3) is 2.79. The van der Waals surface area contributed by atoms with Crippen LogP contribution in [0.3, 0.4) is 0 Å². The zero-order chi connectivity index (χ0) is 10.6. The summed E-state index contributed by atoms with van der Waals surface area (Å²) < 4.78 is 0. The van der Waals surface area contributed by atoms with Gasteiger partial charge in [-0.05, 0) is 32.0 Å². The largest absolute Gasteiger partial charge is 0.391 e. The highest BCUT2D eigenvalue weighted by molar-refractivity contribution is 5.50. The van der Waals surface area contributed by atoms with Gasteiger partial charge >= 0.3 is 0 Å². The number of hydrogen-bond acceptors (Lipinski definition) is 2. The quantitative estimate of drug-likeness (QED) is 0.711. The summed E-state index contributed by atoms with van der Waals surface area (Å²) in [7, 11) is 0. The highest BCUT2D eigenvalue weighted by Gasteiger charge is 2.07. The molecule has 2 heteroatoms. The summed E-state index contributed by atoms with van der Waals surface area (Å²) in [5.74, 6) is 2.57. The number of benzene rings is 1. The summed E-state index contributed by atoms with van der Waals surface area (Å²) in [6.07, 6.45) is 4.90. The Kier molecular flexibility index (Phi) is 3.55. The Balaban J connectivity index is 2.73. The van der Waals surface area contributed by atoms with E-state index in [1.54, 1.807) is 6.92 Å². The monoisotopic (exact) mass is 189 g/mol. The number of terminal acetylenes is 1. The lowest BCUT2D eigenvalue weighted by Crippen LogP contribution is -2.27. The van der Waals surface area contributed by atoms with Crippen molar-refractivity contribution in [1.29, 1.82) is 0 Å². The summed E-state index contributed by atoms with van der Waals surface area (Å²) in [6, 6.07) is 7.60. The second kappa shape index (κ2) is 4.69. The molecule has 0 radical (unpaired) electrons. The lowest BCUT2D eigenvalue weighted by molar-refractivity contribution is 0.178. The number of anilines is 1. The van der Waals surface area contributed by atoms with Crippen molar-refractivity contribution in [1.82, 2.24) is 0 Å². The van der Waals surface area contributed by atoms with Gasteiger partial charge in [0.25, 0.3) is 0 Å². The summed E-state index contributed by atoms with van der Waals surface area (Å²) in [4.78, 5) is 0. The van der Waals surface area contributed by atoms with Crippen LogP contribution in [-0.2, 0) is 0 Å². The fraction of sp³-hybridized carbons (Fsp3) is 0.333. The van der Waals surface area contributed by atoms with Gasteiger partial charge < -0.3 is 10.4 Å². The molecule has 0 saturated heterocycles. The molecule has 0 amide bonds. The molecule has 0 aliphatic rings. The average Bonchev–Trinajstić information content (AvgIpc) is 2.18. The molecule has 0 aromatic heterocycles. The Morgan fingerprint density at radius 3 is 2.71 bits per heavy atom. The second-order valence-corrected chi connectivity index (χ2v) is 3.40. The Morgan fingerprint density at radius 1 is 1.43 bits per heavy atom. The summed E-state index contributed by atoms with van der Waals surface area (Å²) in [6.45, 7) is 3.68. The highest BCUT2D eigenvalue weighted by Crippen LogP contribution is 2.11. The van der Waals surface area contributed by atoms with E-state index in [4.69, 9.17) is 6.42 Å². The van der Waals surface area contributed by atoms with Crippen molar-refractivity contribution in [3.63, 3.8) is 0 Å². The third-order valence-electron chi connectivity index (χ3n) is 2.15. The minimum Gasteiger partial charge on any atom is -0.391 e. The summed E-state index contributed by atoms with van der Waals surface area (Å²) in [5.41, 5.74) is 1.78. The van der Waals surface area contributed by atoms with Crippen LogP contribution in [0.2, 0.25) is 0 Å². The Labute approximate surface area is 85.0 Å². The van der Waals surface area contributed by atoms with Crippen LogP contribution in [0.25, 0.3) is 0 Å². The zero-order valence-corrected chi connectivity index (χ0v) is 8.49. The molecule has 0 aliphatic heterocycles. The van der Waals surface area contributed by atoms with Crippen molar-refractivity contribution in [3.05, 3.63) is 29.8 Å². The van der Waals surface area contributed by atoms with Gasteiger partial charge in [0.2, 0.25) is 0 Å². The van der Waals surface area contributed by atoms with Crippen LogP contribution in [-0.4, -0.2) is 17.3 Å². The van der Waals surface area contributed by atoms with Crippen molar-refractivity contribution >= 4 is 5.69 Å². The zero-order valence-electron chi connectivity index (χ0n) is 8.49. The first kappa shape index (κ1) is 10.6.